The van der Waals surface area contributed by atoms with Crippen LogP contribution in [-0.4, -0.2) is 72.7 Å². The van der Waals surface area contributed by atoms with Gasteiger partial charge in [-0.05, 0) is 36.8 Å². The van der Waals surface area contributed by atoms with Crippen molar-refractivity contribution >= 4 is 18.0 Å². The number of amides is 1. The molecule has 5 rings (SSSR count). The minimum atomic E-state index is -2.02. The second-order valence-electron chi connectivity index (χ2n) is 9.60. The molecule has 3 aliphatic rings. The van der Waals surface area contributed by atoms with E-state index in [1.807, 2.05) is 60.7 Å². The molecule has 9 nitrogen and oxygen atoms in total. The monoisotopic (exact) mass is 520 g/mol. The zero-order valence-electron chi connectivity index (χ0n) is 21.2. The van der Waals surface area contributed by atoms with Crippen molar-refractivity contribution in [2.24, 2.45) is 0 Å². The van der Waals surface area contributed by atoms with Gasteiger partial charge in [-0.2, -0.15) is 0 Å². The van der Waals surface area contributed by atoms with Crippen LogP contribution >= 0.6 is 0 Å². The topological polar surface area (TPSA) is 94.6 Å². The van der Waals surface area contributed by atoms with Gasteiger partial charge >= 0.3 is 23.9 Å². The molecule has 3 heterocycles. The van der Waals surface area contributed by atoms with Gasteiger partial charge in [0.05, 0.1) is 19.3 Å². The molecule has 38 heavy (non-hydrogen) atoms. The first-order valence-electron chi connectivity index (χ1n) is 13.1. The Morgan fingerprint density at radius 1 is 0.868 bits per heavy atom. The molecule has 0 N–H and O–H groups in total. The van der Waals surface area contributed by atoms with Crippen molar-refractivity contribution in [3.8, 4) is 0 Å². The van der Waals surface area contributed by atoms with E-state index in [4.69, 9.17) is 18.9 Å². The number of nitrogens with zero attached hydrogens (tertiary/aromatic N) is 2. The van der Waals surface area contributed by atoms with E-state index < -0.39 is 36.1 Å². The number of rotatable bonds is 9. The van der Waals surface area contributed by atoms with E-state index in [0.29, 0.717) is 39.0 Å². The molecule has 2 aromatic rings. The Bertz CT molecular complexity index is 1130. The van der Waals surface area contributed by atoms with Crippen molar-refractivity contribution in [1.82, 2.24) is 9.80 Å². The lowest BCUT2D eigenvalue weighted by Gasteiger charge is -2.40. The number of hydrogen-bond acceptors (Lipinski definition) is 8. The maximum Gasteiger partial charge on any atom is 0.417 e. The zero-order chi connectivity index (χ0) is 26.4. The van der Waals surface area contributed by atoms with E-state index in [1.165, 1.54) is 4.90 Å². The fourth-order valence-electron chi connectivity index (χ4n) is 5.25. The third kappa shape index (κ3) is 5.74. The SMILES string of the molecule is O=C1C=CC(=O)OC2(O1)C(CCCc1ccccc1)OC(=O)N2C(CCN1CCOCC1)c1ccccc1. The van der Waals surface area contributed by atoms with Gasteiger partial charge in [-0.3, -0.25) is 4.90 Å². The molecule has 1 amide bonds. The highest BCUT2D eigenvalue weighted by Crippen LogP contribution is 2.44. The van der Waals surface area contributed by atoms with E-state index in [9.17, 15) is 14.4 Å². The highest BCUT2D eigenvalue weighted by atomic mass is 16.8. The summed E-state index contributed by atoms with van der Waals surface area (Å²) in [4.78, 5) is 42.5. The Kier molecular flexibility index (Phi) is 8.05. The zero-order valence-corrected chi connectivity index (χ0v) is 21.2. The molecule has 0 saturated carbocycles. The van der Waals surface area contributed by atoms with Gasteiger partial charge in [0.15, 0.2) is 0 Å². The molecule has 0 bridgehead atoms. The van der Waals surface area contributed by atoms with Crippen molar-refractivity contribution in [1.29, 1.82) is 0 Å². The molecule has 0 radical (unpaired) electrons. The van der Waals surface area contributed by atoms with Crippen LogP contribution in [0.5, 0.6) is 0 Å². The van der Waals surface area contributed by atoms with Crippen LogP contribution in [0.15, 0.2) is 72.8 Å². The van der Waals surface area contributed by atoms with Crippen molar-refractivity contribution < 1.29 is 33.3 Å². The summed E-state index contributed by atoms with van der Waals surface area (Å²) in [5.41, 5.74) is 1.96. The normalized spacial score (nSPS) is 22.1. The second-order valence-corrected chi connectivity index (χ2v) is 9.60. The van der Waals surface area contributed by atoms with Crippen LogP contribution in [0.3, 0.4) is 0 Å². The highest BCUT2D eigenvalue weighted by molar-refractivity contribution is 5.94. The van der Waals surface area contributed by atoms with Gasteiger partial charge < -0.3 is 18.9 Å². The molecular weight excluding hydrogens is 488 g/mol. The molecule has 3 aliphatic heterocycles. The fourth-order valence-corrected chi connectivity index (χ4v) is 5.25. The van der Waals surface area contributed by atoms with Gasteiger partial charge in [0.2, 0.25) is 6.10 Å². The van der Waals surface area contributed by atoms with Gasteiger partial charge in [-0.25, -0.2) is 19.3 Å². The van der Waals surface area contributed by atoms with E-state index in [1.54, 1.807) is 0 Å². The number of benzene rings is 2. The van der Waals surface area contributed by atoms with E-state index in [2.05, 4.69) is 4.90 Å². The molecule has 2 atom stereocenters. The Balaban J connectivity index is 1.45. The summed E-state index contributed by atoms with van der Waals surface area (Å²) in [6.07, 6.45) is 2.57. The lowest BCUT2D eigenvalue weighted by atomic mass is 9.99. The van der Waals surface area contributed by atoms with Crippen LogP contribution in [0.2, 0.25) is 0 Å². The van der Waals surface area contributed by atoms with Gasteiger partial charge in [-0.1, -0.05) is 60.7 Å². The van der Waals surface area contributed by atoms with Gasteiger partial charge in [0.25, 0.3) is 0 Å². The number of aryl methyl sites for hydroxylation is 1. The molecule has 2 saturated heterocycles. The maximum atomic E-state index is 13.5. The number of ether oxygens (including phenoxy) is 4. The predicted molar refractivity (Wildman–Crippen MR) is 137 cm³/mol. The van der Waals surface area contributed by atoms with Gasteiger partial charge in [-0.15, -0.1) is 0 Å². The van der Waals surface area contributed by atoms with Crippen molar-refractivity contribution in [2.75, 3.05) is 32.8 Å². The molecule has 2 aromatic carbocycles. The molecule has 2 fully saturated rings. The molecule has 1 spiro atoms. The van der Waals surface area contributed by atoms with Crippen LogP contribution in [0.25, 0.3) is 0 Å². The standard InChI is InChI=1S/C29H32N2O7/c32-26-14-15-27(33)38-29(37-26)25(13-7-10-22-8-3-1-4-9-22)36-28(34)31(29)24(23-11-5-2-6-12-23)16-17-30-18-20-35-21-19-30/h1-6,8-9,11-12,14-15,24-25H,7,10,13,16-21H2. The smallest absolute Gasteiger partial charge is 0.417 e. The summed E-state index contributed by atoms with van der Waals surface area (Å²) in [5, 5.41) is 0. The molecular formula is C29H32N2O7. The third-order valence-corrected chi connectivity index (χ3v) is 7.12. The van der Waals surface area contributed by atoms with E-state index in [0.717, 1.165) is 42.8 Å². The quantitative estimate of drug-likeness (QED) is 0.463. The Morgan fingerprint density at radius 3 is 2.16 bits per heavy atom. The number of hydrogen-bond donors (Lipinski definition) is 0. The molecule has 2 unspecified atom stereocenters. The lowest BCUT2D eigenvalue weighted by molar-refractivity contribution is -0.285. The minimum Gasteiger partial charge on any atom is -0.435 e. The number of cyclic esters (lactones) is 1. The first-order chi connectivity index (χ1) is 18.5. The van der Waals surface area contributed by atoms with Gasteiger partial charge in [0.1, 0.15) is 0 Å². The summed E-state index contributed by atoms with van der Waals surface area (Å²) >= 11 is 0. The average Bonchev–Trinajstić information content (AvgIpc) is 3.08. The summed E-state index contributed by atoms with van der Waals surface area (Å²) in [6, 6.07) is 18.8. The largest absolute Gasteiger partial charge is 0.435 e. The Hall–Kier alpha value is -3.69. The first-order valence-corrected chi connectivity index (χ1v) is 13.1. The number of carbonyl (C=O) groups is 3. The van der Waals surface area contributed by atoms with Crippen LogP contribution in [0, 0.1) is 0 Å². The number of carbonyl (C=O) groups excluding carboxylic acids is 3. The van der Waals surface area contributed by atoms with Crippen molar-refractivity contribution in [2.45, 2.75) is 43.7 Å². The van der Waals surface area contributed by atoms with Crippen LogP contribution in [0.1, 0.15) is 36.4 Å². The fraction of sp³-hybridized carbons (Fsp3) is 0.414. The summed E-state index contributed by atoms with van der Waals surface area (Å²) in [7, 11) is 0. The molecule has 200 valence electrons. The van der Waals surface area contributed by atoms with Gasteiger partial charge in [0, 0.05) is 31.8 Å². The predicted octanol–water partition coefficient (Wildman–Crippen LogP) is 3.60. The van der Waals surface area contributed by atoms with Crippen LogP contribution in [-0.2, 0) is 35.0 Å². The summed E-state index contributed by atoms with van der Waals surface area (Å²) < 4.78 is 22.9. The molecule has 0 aliphatic carbocycles. The highest BCUT2D eigenvalue weighted by Gasteiger charge is 2.64. The van der Waals surface area contributed by atoms with Crippen molar-refractivity contribution in [3.05, 3.63) is 83.9 Å². The third-order valence-electron chi connectivity index (χ3n) is 7.12. The maximum absolute atomic E-state index is 13.5. The summed E-state index contributed by atoms with van der Waals surface area (Å²) in [6.45, 7) is 3.54. The Morgan fingerprint density at radius 2 is 1.50 bits per heavy atom. The van der Waals surface area contributed by atoms with Crippen molar-refractivity contribution in [3.63, 3.8) is 0 Å². The van der Waals surface area contributed by atoms with E-state index in [-0.39, 0.29) is 0 Å². The summed E-state index contributed by atoms with van der Waals surface area (Å²) in [5.74, 6) is -3.56. The average molecular weight is 521 g/mol. The lowest BCUT2D eigenvalue weighted by Crippen LogP contribution is -2.58. The van der Waals surface area contributed by atoms with Crippen LogP contribution < -0.4 is 0 Å². The second kappa shape index (κ2) is 11.8. The molecule has 0 aromatic heterocycles. The Labute approximate surface area is 221 Å². The minimum absolute atomic E-state index is 0.336. The van der Waals surface area contributed by atoms with E-state index >= 15 is 0 Å². The number of esters is 2. The van der Waals surface area contributed by atoms with Crippen LogP contribution in [0.4, 0.5) is 4.79 Å². The molecule has 9 heteroatoms. The number of morpholine rings is 1. The first kappa shape index (κ1) is 25.9.